The van der Waals surface area contributed by atoms with E-state index in [4.69, 9.17) is 5.73 Å². The topological polar surface area (TPSA) is 64.2 Å². The molecule has 0 radical (unpaired) electrons. The summed E-state index contributed by atoms with van der Waals surface area (Å²) in [5.41, 5.74) is 5.54. The lowest BCUT2D eigenvalue weighted by molar-refractivity contribution is 0.569. The van der Waals surface area contributed by atoms with Crippen LogP contribution in [0.4, 0.5) is 5.82 Å². The molecule has 2 rings (SSSR count). The normalized spacial score (nSPS) is 16.2. The number of nitrogens with two attached hydrogens (primary N) is 1. The maximum atomic E-state index is 11.8. The van der Waals surface area contributed by atoms with Gasteiger partial charge in [0.1, 0.15) is 11.6 Å². The van der Waals surface area contributed by atoms with Crippen LogP contribution in [0.1, 0.15) is 25.1 Å². The maximum absolute atomic E-state index is 11.8. The molecular weight excluding hydrogens is 216 g/mol. The van der Waals surface area contributed by atoms with Gasteiger partial charge in [0, 0.05) is 32.6 Å². The monoisotopic (exact) mass is 236 g/mol. The molecule has 1 fully saturated rings. The van der Waals surface area contributed by atoms with Gasteiger partial charge in [-0.2, -0.15) is 0 Å². The third kappa shape index (κ3) is 2.66. The molecule has 94 valence electrons. The molecule has 1 aliphatic heterocycles. The Morgan fingerprint density at radius 3 is 2.71 bits per heavy atom. The van der Waals surface area contributed by atoms with Crippen LogP contribution in [0.25, 0.3) is 0 Å². The van der Waals surface area contributed by atoms with Crippen molar-refractivity contribution in [3.05, 3.63) is 22.2 Å². The lowest BCUT2D eigenvalue weighted by Gasteiger charge is -2.28. The van der Waals surface area contributed by atoms with E-state index in [0.29, 0.717) is 13.0 Å². The average Bonchev–Trinajstić information content (AvgIpc) is 2.36. The van der Waals surface area contributed by atoms with Gasteiger partial charge in [0.05, 0.1) is 0 Å². The SMILES string of the molecule is Cn1c(CCN)nc(N2CCCCC2)cc1=O. The highest BCUT2D eigenvalue weighted by molar-refractivity contribution is 5.38. The second-order valence-corrected chi connectivity index (χ2v) is 4.51. The zero-order valence-electron chi connectivity index (χ0n) is 10.4. The van der Waals surface area contributed by atoms with Crippen molar-refractivity contribution in [1.82, 2.24) is 9.55 Å². The molecule has 17 heavy (non-hydrogen) atoms. The van der Waals surface area contributed by atoms with Crippen LogP contribution in [-0.2, 0) is 13.5 Å². The van der Waals surface area contributed by atoms with Gasteiger partial charge in [-0.15, -0.1) is 0 Å². The Kier molecular flexibility index (Phi) is 3.78. The first-order chi connectivity index (χ1) is 8.22. The predicted molar refractivity (Wildman–Crippen MR) is 68.3 cm³/mol. The number of rotatable bonds is 3. The molecule has 5 nitrogen and oxygen atoms in total. The second kappa shape index (κ2) is 5.31. The Bertz CT molecular complexity index is 435. The van der Waals surface area contributed by atoms with Gasteiger partial charge >= 0.3 is 0 Å². The first kappa shape index (κ1) is 12.1. The van der Waals surface area contributed by atoms with Crippen molar-refractivity contribution in [3.63, 3.8) is 0 Å². The van der Waals surface area contributed by atoms with E-state index in [2.05, 4.69) is 9.88 Å². The molecule has 0 bridgehead atoms. The Morgan fingerprint density at radius 1 is 1.35 bits per heavy atom. The summed E-state index contributed by atoms with van der Waals surface area (Å²) in [4.78, 5) is 18.6. The first-order valence-electron chi connectivity index (χ1n) is 6.24. The van der Waals surface area contributed by atoms with Crippen LogP contribution in [0.15, 0.2) is 10.9 Å². The van der Waals surface area contributed by atoms with Gasteiger partial charge in [-0.1, -0.05) is 0 Å². The molecule has 0 saturated carbocycles. The van der Waals surface area contributed by atoms with E-state index in [0.717, 1.165) is 24.7 Å². The van der Waals surface area contributed by atoms with Crippen molar-refractivity contribution in [2.24, 2.45) is 12.8 Å². The van der Waals surface area contributed by atoms with E-state index in [1.54, 1.807) is 17.7 Å². The summed E-state index contributed by atoms with van der Waals surface area (Å²) in [5.74, 6) is 1.59. The Balaban J connectivity index is 2.30. The molecular formula is C12H20N4O. The fraction of sp³-hybridized carbons (Fsp3) is 0.667. The number of piperidine rings is 1. The molecule has 1 saturated heterocycles. The van der Waals surface area contributed by atoms with Gasteiger partial charge in [0.25, 0.3) is 5.56 Å². The summed E-state index contributed by atoms with van der Waals surface area (Å²) >= 11 is 0. The first-order valence-corrected chi connectivity index (χ1v) is 6.24. The fourth-order valence-electron chi connectivity index (χ4n) is 2.21. The Hall–Kier alpha value is -1.36. The van der Waals surface area contributed by atoms with Crippen LogP contribution in [0.2, 0.25) is 0 Å². The number of hydrogen-bond acceptors (Lipinski definition) is 4. The van der Waals surface area contributed by atoms with Gasteiger partial charge in [-0.25, -0.2) is 4.98 Å². The summed E-state index contributed by atoms with van der Waals surface area (Å²) in [6.45, 7) is 2.52. The van der Waals surface area contributed by atoms with E-state index in [1.165, 1.54) is 19.3 Å². The summed E-state index contributed by atoms with van der Waals surface area (Å²) < 4.78 is 1.58. The molecule has 2 N–H and O–H groups in total. The molecule has 0 atom stereocenters. The van der Waals surface area contributed by atoms with E-state index < -0.39 is 0 Å². The van der Waals surface area contributed by atoms with E-state index in [1.807, 2.05) is 0 Å². The third-order valence-electron chi connectivity index (χ3n) is 3.26. The highest BCUT2D eigenvalue weighted by Gasteiger charge is 2.14. The molecule has 1 aromatic rings. The summed E-state index contributed by atoms with van der Waals surface area (Å²) in [7, 11) is 1.75. The van der Waals surface area contributed by atoms with Crippen molar-refractivity contribution in [2.75, 3.05) is 24.5 Å². The third-order valence-corrected chi connectivity index (χ3v) is 3.26. The maximum Gasteiger partial charge on any atom is 0.255 e. The highest BCUT2D eigenvalue weighted by atomic mass is 16.1. The smallest absolute Gasteiger partial charge is 0.255 e. The van der Waals surface area contributed by atoms with Crippen LogP contribution < -0.4 is 16.2 Å². The van der Waals surface area contributed by atoms with Crippen molar-refractivity contribution >= 4 is 5.82 Å². The van der Waals surface area contributed by atoms with Gasteiger partial charge < -0.3 is 10.6 Å². The van der Waals surface area contributed by atoms with Crippen molar-refractivity contribution in [3.8, 4) is 0 Å². The second-order valence-electron chi connectivity index (χ2n) is 4.51. The van der Waals surface area contributed by atoms with Gasteiger partial charge in [-0.05, 0) is 25.8 Å². The van der Waals surface area contributed by atoms with Gasteiger partial charge in [0.2, 0.25) is 0 Å². The van der Waals surface area contributed by atoms with Crippen molar-refractivity contribution in [2.45, 2.75) is 25.7 Å². The van der Waals surface area contributed by atoms with Crippen LogP contribution in [-0.4, -0.2) is 29.2 Å². The number of hydrogen-bond donors (Lipinski definition) is 1. The summed E-state index contributed by atoms with van der Waals surface area (Å²) in [6.07, 6.45) is 4.29. The molecule has 0 spiro atoms. The number of aromatic nitrogens is 2. The van der Waals surface area contributed by atoms with Crippen molar-refractivity contribution < 1.29 is 0 Å². The molecule has 1 aliphatic rings. The minimum Gasteiger partial charge on any atom is -0.356 e. The zero-order valence-corrected chi connectivity index (χ0v) is 10.4. The zero-order chi connectivity index (χ0) is 12.3. The molecule has 2 heterocycles. The van der Waals surface area contributed by atoms with Crippen LogP contribution in [0.5, 0.6) is 0 Å². The minimum absolute atomic E-state index is 0.00373. The lowest BCUT2D eigenvalue weighted by Crippen LogP contribution is -2.33. The van der Waals surface area contributed by atoms with E-state index in [9.17, 15) is 4.79 Å². The summed E-state index contributed by atoms with van der Waals surface area (Å²) in [6, 6.07) is 1.63. The Labute approximate surface area is 101 Å². The van der Waals surface area contributed by atoms with E-state index >= 15 is 0 Å². The average molecular weight is 236 g/mol. The van der Waals surface area contributed by atoms with Crippen LogP contribution >= 0.6 is 0 Å². The molecule has 0 unspecified atom stereocenters. The number of nitrogens with zero attached hydrogens (tertiary/aromatic N) is 3. The standard InChI is InChI=1S/C12H20N4O/c1-15-10(5-6-13)14-11(9-12(15)17)16-7-3-2-4-8-16/h9H,2-8,13H2,1H3. The Morgan fingerprint density at radius 2 is 2.06 bits per heavy atom. The quantitative estimate of drug-likeness (QED) is 0.818. The lowest BCUT2D eigenvalue weighted by atomic mass is 10.1. The number of anilines is 1. The molecule has 1 aromatic heterocycles. The fourth-order valence-corrected chi connectivity index (χ4v) is 2.21. The van der Waals surface area contributed by atoms with Gasteiger partial charge in [-0.3, -0.25) is 9.36 Å². The highest BCUT2D eigenvalue weighted by Crippen LogP contribution is 2.16. The largest absolute Gasteiger partial charge is 0.356 e. The molecule has 0 aliphatic carbocycles. The van der Waals surface area contributed by atoms with Crippen molar-refractivity contribution in [1.29, 1.82) is 0 Å². The van der Waals surface area contributed by atoms with Crippen LogP contribution in [0, 0.1) is 0 Å². The molecule has 5 heteroatoms. The van der Waals surface area contributed by atoms with Gasteiger partial charge in [0.15, 0.2) is 0 Å². The minimum atomic E-state index is 0.00373. The van der Waals surface area contributed by atoms with Crippen LogP contribution in [0.3, 0.4) is 0 Å². The molecule has 0 aromatic carbocycles. The molecule has 0 amide bonds. The predicted octanol–water partition coefficient (Wildman–Crippen LogP) is 0.272. The van der Waals surface area contributed by atoms with E-state index in [-0.39, 0.29) is 5.56 Å². The summed E-state index contributed by atoms with van der Waals surface area (Å²) in [5, 5.41) is 0.